The number of nitrogens with zero attached hydrogens (tertiary/aromatic N) is 3. The van der Waals surface area contributed by atoms with Crippen LogP contribution in [0.3, 0.4) is 0 Å². The molecule has 0 N–H and O–H groups in total. The number of anilines is 1. The molecule has 0 atom stereocenters. The van der Waals surface area contributed by atoms with Crippen molar-refractivity contribution in [1.29, 1.82) is 0 Å². The van der Waals surface area contributed by atoms with Crippen molar-refractivity contribution >= 4 is 45.0 Å². The quantitative estimate of drug-likeness (QED) is 0.460. The molecule has 1 amide bonds. The topological polar surface area (TPSA) is 54.9 Å². The van der Waals surface area contributed by atoms with Gasteiger partial charge in [-0.05, 0) is 64.7 Å². The number of ether oxygens (including phenoxy) is 2. The van der Waals surface area contributed by atoms with Crippen molar-refractivity contribution in [1.82, 2.24) is 9.88 Å². The van der Waals surface area contributed by atoms with Crippen LogP contribution in [0.2, 0.25) is 0 Å². The summed E-state index contributed by atoms with van der Waals surface area (Å²) in [4.78, 5) is 21.7. The Morgan fingerprint density at radius 1 is 1.06 bits per heavy atom. The molecule has 0 aliphatic rings. The van der Waals surface area contributed by atoms with E-state index in [1.807, 2.05) is 64.3 Å². The van der Waals surface area contributed by atoms with E-state index in [1.165, 1.54) is 11.3 Å². The van der Waals surface area contributed by atoms with E-state index in [-0.39, 0.29) is 24.9 Å². The number of amides is 1. The van der Waals surface area contributed by atoms with Crippen molar-refractivity contribution in [3.8, 4) is 11.5 Å². The summed E-state index contributed by atoms with van der Waals surface area (Å²) in [6.07, 6.45) is 0.843. The van der Waals surface area contributed by atoms with Gasteiger partial charge in [0, 0.05) is 6.54 Å². The summed E-state index contributed by atoms with van der Waals surface area (Å²) in [5.41, 5.74) is 3.06. The van der Waals surface area contributed by atoms with Crippen molar-refractivity contribution in [3.63, 3.8) is 0 Å². The summed E-state index contributed by atoms with van der Waals surface area (Å²) in [6, 6.07) is 11.6. The molecule has 3 rings (SSSR count). The van der Waals surface area contributed by atoms with Crippen LogP contribution in [0.25, 0.3) is 10.2 Å². The van der Waals surface area contributed by atoms with Crippen LogP contribution in [0.4, 0.5) is 5.13 Å². The fraction of sp³-hybridized carbons (Fsp3) is 0.391. The van der Waals surface area contributed by atoms with Gasteiger partial charge in [-0.15, -0.1) is 12.4 Å². The zero-order valence-corrected chi connectivity index (χ0v) is 20.3. The Hall–Kier alpha value is -2.35. The van der Waals surface area contributed by atoms with Crippen molar-refractivity contribution in [2.24, 2.45) is 0 Å². The van der Waals surface area contributed by atoms with Crippen LogP contribution < -0.4 is 14.4 Å². The van der Waals surface area contributed by atoms with E-state index in [1.54, 1.807) is 12.0 Å². The lowest BCUT2D eigenvalue weighted by Gasteiger charge is -2.21. The highest BCUT2D eigenvalue weighted by Gasteiger charge is 2.22. The molecular weight excluding hydrogens is 434 g/mol. The second-order valence-corrected chi connectivity index (χ2v) is 8.54. The second kappa shape index (κ2) is 11.3. The maximum atomic E-state index is 13.1. The molecule has 0 fully saturated rings. The third-order valence-corrected chi connectivity index (χ3v) is 6.03. The number of fused-ring (bicyclic) bond motifs is 1. The summed E-state index contributed by atoms with van der Waals surface area (Å²) in [5.74, 6) is 1.30. The third kappa shape index (κ3) is 6.32. The van der Waals surface area contributed by atoms with Gasteiger partial charge in [0.15, 0.2) is 11.7 Å². The SMILES string of the molecule is COc1ccc(C)c2sc(N(CCCN(C)C)C(=O)COc3ccc(C)cc3)nc12.Cl. The maximum Gasteiger partial charge on any atom is 0.266 e. The van der Waals surface area contributed by atoms with Crippen LogP contribution in [0, 0.1) is 13.8 Å². The van der Waals surface area contributed by atoms with E-state index in [2.05, 4.69) is 4.90 Å². The highest BCUT2D eigenvalue weighted by atomic mass is 35.5. The van der Waals surface area contributed by atoms with Crippen molar-refractivity contribution in [3.05, 3.63) is 47.5 Å². The normalized spacial score (nSPS) is 10.8. The smallest absolute Gasteiger partial charge is 0.266 e. The molecule has 168 valence electrons. The Labute approximate surface area is 194 Å². The first kappa shape index (κ1) is 24.9. The first-order chi connectivity index (χ1) is 14.4. The molecule has 0 aliphatic heterocycles. The second-order valence-electron chi connectivity index (χ2n) is 7.56. The van der Waals surface area contributed by atoms with Crippen LogP contribution in [-0.4, -0.2) is 56.7 Å². The number of aryl methyl sites for hydroxylation is 2. The van der Waals surface area contributed by atoms with Gasteiger partial charge in [-0.3, -0.25) is 9.69 Å². The van der Waals surface area contributed by atoms with E-state index in [4.69, 9.17) is 14.5 Å². The van der Waals surface area contributed by atoms with E-state index in [9.17, 15) is 4.79 Å². The largest absolute Gasteiger partial charge is 0.494 e. The first-order valence-corrected chi connectivity index (χ1v) is 10.8. The molecule has 8 heteroatoms. The van der Waals surface area contributed by atoms with Crippen molar-refractivity contribution in [2.45, 2.75) is 20.3 Å². The van der Waals surface area contributed by atoms with E-state index >= 15 is 0 Å². The van der Waals surface area contributed by atoms with Gasteiger partial charge in [-0.25, -0.2) is 4.98 Å². The van der Waals surface area contributed by atoms with Crippen molar-refractivity contribution < 1.29 is 14.3 Å². The average molecular weight is 464 g/mol. The van der Waals surface area contributed by atoms with Crippen LogP contribution >= 0.6 is 23.7 Å². The van der Waals surface area contributed by atoms with Gasteiger partial charge in [0.1, 0.15) is 17.0 Å². The molecule has 0 spiro atoms. The van der Waals surface area contributed by atoms with Gasteiger partial charge in [0.25, 0.3) is 5.91 Å². The molecule has 0 saturated carbocycles. The lowest BCUT2D eigenvalue weighted by Crippen LogP contribution is -2.36. The van der Waals surface area contributed by atoms with Gasteiger partial charge in [-0.2, -0.15) is 0 Å². The van der Waals surface area contributed by atoms with E-state index in [0.29, 0.717) is 17.4 Å². The molecule has 1 aromatic heterocycles. The fourth-order valence-corrected chi connectivity index (χ4v) is 4.20. The van der Waals surface area contributed by atoms with Crippen LogP contribution in [-0.2, 0) is 4.79 Å². The zero-order chi connectivity index (χ0) is 21.7. The summed E-state index contributed by atoms with van der Waals surface area (Å²) < 4.78 is 12.3. The number of aromatic nitrogens is 1. The molecule has 31 heavy (non-hydrogen) atoms. The van der Waals surface area contributed by atoms with E-state index < -0.39 is 0 Å². The Morgan fingerprint density at radius 2 is 1.77 bits per heavy atom. The lowest BCUT2D eigenvalue weighted by molar-refractivity contribution is -0.120. The fourth-order valence-electron chi connectivity index (χ4n) is 3.11. The molecule has 1 heterocycles. The molecule has 0 saturated heterocycles. The Bertz CT molecular complexity index is 1010. The number of carbonyl (C=O) groups is 1. The molecule has 0 radical (unpaired) electrons. The average Bonchev–Trinajstić information content (AvgIpc) is 3.16. The monoisotopic (exact) mass is 463 g/mol. The minimum atomic E-state index is -0.106. The Morgan fingerprint density at radius 3 is 2.42 bits per heavy atom. The van der Waals surface area contributed by atoms with Crippen molar-refractivity contribution in [2.75, 3.05) is 45.8 Å². The minimum absolute atomic E-state index is 0. The molecular formula is C23H30ClN3O3S. The van der Waals surface area contributed by atoms with Crippen LogP contribution in [0.15, 0.2) is 36.4 Å². The number of hydrogen-bond acceptors (Lipinski definition) is 6. The summed E-state index contributed by atoms with van der Waals surface area (Å²) in [6.45, 7) is 5.50. The van der Waals surface area contributed by atoms with Gasteiger partial charge >= 0.3 is 0 Å². The molecule has 3 aromatic rings. The number of halogens is 1. The predicted octanol–water partition coefficient (Wildman–Crippen LogP) is 4.71. The zero-order valence-electron chi connectivity index (χ0n) is 18.7. The molecule has 2 aromatic carbocycles. The van der Waals surface area contributed by atoms with Gasteiger partial charge in [0.2, 0.25) is 0 Å². The lowest BCUT2D eigenvalue weighted by atomic mass is 10.2. The van der Waals surface area contributed by atoms with Gasteiger partial charge in [0.05, 0.1) is 11.8 Å². The number of hydrogen-bond donors (Lipinski definition) is 0. The molecule has 0 aliphatic carbocycles. The number of rotatable bonds is 9. The predicted molar refractivity (Wildman–Crippen MR) is 130 cm³/mol. The van der Waals surface area contributed by atoms with E-state index in [0.717, 1.165) is 40.1 Å². The summed E-state index contributed by atoms with van der Waals surface area (Å²) in [5, 5.41) is 0.675. The molecule has 6 nitrogen and oxygen atoms in total. The highest BCUT2D eigenvalue weighted by molar-refractivity contribution is 7.22. The summed E-state index contributed by atoms with van der Waals surface area (Å²) >= 11 is 1.52. The van der Waals surface area contributed by atoms with Crippen LogP contribution in [0.1, 0.15) is 17.5 Å². The number of benzene rings is 2. The van der Waals surface area contributed by atoms with Crippen LogP contribution in [0.5, 0.6) is 11.5 Å². The highest BCUT2D eigenvalue weighted by Crippen LogP contribution is 2.36. The molecule has 0 bridgehead atoms. The number of methoxy groups -OCH3 is 1. The Balaban J connectivity index is 0.00000341. The standard InChI is InChI=1S/C23H29N3O3S.ClH/c1-16-7-10-18(11-8-16)29-15-20(27)26(14-6-13-25(3)4)23-24-21-19(28-5)12-9-17(2)22(21)30-23;/h7-12H,6,13-15H2,1-5H3;1H. The third-order valence-electron chi connectivity index (χ3n) is 4.81. The maximum absolute atomic E-state index is 13.1. The number of carbonyl (C=O) groups excluding carboxylic acids is 1. The number of thiazole rings is 1. The minimum Gasteiger partial charge on any atom is -0.494 e. The molecule has 0 unspecified atom stereocenters. The first-order valence-electron chi connectivity index (χ1n) is 9.97. The summed E-state index contributed by atoms with van der Waals surface area (Å²) in [7, 11) is 5.69. The van der Waals surface area contributed by atoms with Gasteiger partial charge in [-0.1, -0.05) is 35.1 Å². The Kier molecular flexibility index (Phi) is 9.10. The van der Waals surface area contributed by atoms with Gasteiger partial charge < -0.3 is 14.4 Å².